The number of piperidine rings is 1. The fourth-order valence-electron chi connectivity index (χ4n) is 2.87. The molecule has 20 heavy (non-hydrogen) atoms. The van der Waals surface area contributed by atoms with E-state index in [1.165, 1.54) is 0 Å². The van der Waals surface area contributed by atoms with Crippen LogP contribution in [-0.2, 0) is 0 Å². The lowest BCUT2D eigenvalue weighted by atomic mass is 9.96. The molecule has 1 aromatic heterocycles. The summed E-state index contributed by atoms with van der Waals surface area (Å²) < 4.78 is 0. The number of nitrogens with zero attached hydrogens (tertiary/aromatic N) is 3. The SMILES string of the molecule is O=[N+]([O-])c1ccccc1N1CCCCC1c1cn[nH]c1. The Morgan fingerprint density at radius 1 is 1.35 bits per heavy atom. The molecule has 1 unspecified atom stereocenters. The van der Waals surface area contributed by atoms with Crippen LogP contribution < -0.4 is 4.90 Å². The molecule has 1 N–H and O–H groups in total. The first-order valence-corrected chi connectivity index (χ1v) is 6.76. The number of nitro benzene ring substituents is 1. The van der Waals surface area contributed by atoms with E-state index in [4.69, 9.17) is 0 Å². The average Bonchev–Trinajstić information content (AvgIpc) is 3.01. The maximum absolute atomic E-state index is 11.2. The number of hydrogen-bond acceptors (Lipinski definition) is 4. The van der Waals surface area contributed by atoms with Gasteiger partial charge in [0.2, 0.25) is 0 Å². The molecule has 0 radical (unpaired) electrons. The summed E-state index contributed by atoms with van der Waals surface area (Å²) in [4.78, 5) is 13.0. The molecule has 0 bridgehead atoms. The number of aromatic nitrogens is 2. The van der Waals surface area contributed by atoms with Crippen molar-refractivity contribution in [2.75, 3.05) is 11.4 Å². The fraction of sp³-hybridized carbons (Fsp3) is 0.357. The van der Waals surface area contributed by atoms with Crippen LogP contribution in [0.25, 0.3) is 0 Å². The third-order valence-electron chi connectivity index (χ3n) is 3.79. The lowest BCUT2D eigenvalue weighted by Gasteiger charge is -2.36. The summed E-state index contributed by atoms with van der Waals surface area (Å²) in [5, 5.41) is 18.0. The summed E-state index contributed by atoms with van der Waals surface area (Å²) >= 11 is 0. The van der Waals surface area contributed by atoms with Crippen molar-refractivity contribution in [3.8, 4) is 0 Å². The van der Waals surface area contributed by atoms with Gasteiger partial charge in [-0.2, -0.15) is 5.10 Å². The summed E-state index contributed by atoms with van der Waals surface area (Å²) in [7, 11) is 0. The molecule has 1 atom stereocenters. The summed E-state index contributed by atoms with van der Waals surface area (Å²) in [6.45, 7) is 0.834. The number of anilines is 1. The van der Waals surface area contributed by atoms with Crippen molar-refractivity contribution >= 4 is 11.4 Å². The largest absolute Gasteiger partial charge is 0.359 e. The van der Waals surface area contributed by atoms with E-state index in [1.807, 2.05) is 18.3 Å². The number of nitro groups is 1. The summed E-state index contributed by atoms with van der Waals surface area (Å²) in [5.41, 5.74) is 1.95. The maximum Gasteiger partial charge on any atom is 0.292 e. The fourth-order valence-corrected chi connectivity index (χ4v) is 2.87. The molecule has 0 aliphatic carbocycles. The second kappa shape index (κ2) is 5.32. The van der Waals surface area contributed by atoms with Gasteiger partial charge in [-0.05, 0) is 25.3 Å². The van der Waals surface area contributed by atoms with Crippen LogP contribution in [0.15, 0.2) is 36.7 Å². The molecule has 0 amide bonds. The van der Waals surface area contributed by atoms with E-state index in [9.17, 15) is 10.1 Å². The van der Waals surface area contributed by atoms with Crippen molar-refractivity contribution in [2.24, 2.45) is 0 Å². The van der Waals surface area contributed by atoms with Gasteiger partial charge < -0.3 is 4.90 Å². The number of benzene rings is 1. The third-order valence-corrected chi connectivity index (χ3v) is 3.79. The monoisotopic (exact) mass is 272 g/mol. The van der Waals surface area contributed by atoms with Gasteiger partial charge in [-0.1, -0.05) is 12.1 Å². The second-order valence-electron chi connectivity index (χ2n) is 4.98. The molecule has 2 heterocycles. The zero-order valence-electron chi connectivity index (χ0n) is 11.0. The van der Waals surface area contributed by atoms with Gasteiger partial charge in [-0.3, -0.25) is 15.2 Å². The number of nitrogens with one attached hydrogen (secondary N) is 1. The van der Waals surface area contributed by atoms with Gasteiger partial charge in [0.25, 0.3) is 5.69 Å². The van der Waals surface area contributed by atoms with Gasteiger partial charge in [-0.15, -0.1) is 0 Å². The quantitative estimate of drug-likeness (QED) is 0.688. The molecule has 6 nitrogen and oxygen atoms in total. The first-order valence-electron chi connectivity index (χ1n) is 6.76. The molecule has 1 aliphatic rings. The molecule has 1 aliphatic heterocycles. The standard InChI is InChI=1S/C14H16N4O2/c19-18(20)14-7-2-1-6-13(14)17-8-4-3-5-12(17)11-9-15-16-10-11/h1-2,6-7,9-10,12H,3-5,8H2,(H,15,16). The number of aromatic amines is 1. The molecule has 0 spiro atoms. The van der Waals surface area contributed by atoms with Crippen molar-refractivity contribution in [1.29, 1.82) is 0 Å². The Bertz CT molecular complexity index is 597. The van der Waals surface area contributed by atoms with Crippen LogP contribution in [0.5, 0.6) is 0 Å². The van der Waals surface area contributed by atoms with E-state index in [0.29, 0.717) is 5.69 Å². The van der Waals surface area contributed by atoms with Crippen molar-refractivity contribution in [2.45, 2.75) is 25.3 Å². The Kier molecular flexibility index (Phi) is 3.37. The zero-order chi connectivity index (χ0) is 13.9. The minimum atomic E-state index is -0.309. The Balaban J connectivity index is 2.00. The molecular formula is C14H16N4O2. The van der Waals surface area contributed by atoms with Gasteiger partial charge in [0.1, 0.15) is 5.69 Å². The number of para-hydroxylation sites is 2. The predicted molar refractivity (Wildman–Crippen MR) is 75.6 cm³/mol. The Morgan fingerprint density at radius 2 is 2.20 bits per heavy atom. The summed E-state index contributed by atoms with van der Waals surface area (Å²) in [6.07, 6.45) is 6.86. The van der Waals surface area contributed by atoms with Gasteiger partial charge in [0.05, 0.1) is 17.2 Å². The van der Waals surface area contributed by atoms with E-state index >= 15 is 0 Å². The van der Waals surface area contributed by atoms with Crippen LogP contribution in [0.3, 0.4) is 0 Å². The van der Waals surface area contributed by atoms with Gasteiger partial charge in [-0.25, -0.2) is 0 Å². The Labute approximate surface area is 116 Å². The van der Waals surface area contributed by atoms with Gasteiger partial charge >= 0.3 is 0 Å². The van der Waals surface area contributed by atoms with Crippen LogP contribution in [0.4, 0.5) is 11.4 Å². The van der Waals surface area contributed by atoms with Crippen LogP contribution in [0, 0.1) is 10.1 Å². The van der Waals surface area contributed by atoms with Crippen molar-refractivity contribution < 1.29 is 4.92 Å². The molecule has 6 heteroatoms. The van der Waals surface area contributed by atoms with E-state index in [2.05, 4.69) is 15.1 Å². The third kappa shape index (κ3) is 2.24. The molecule has 1 saturated heterocycles. The lowest BCUT2D eigenvalue weighted by molar-refractivity contribution is -0.384. The first kappa shape index (κ1) is 12.7. The molecular weight excluding hydrogens is 256 g/mol. The number of H-pyrrole nitrogens is 1. The molecule has 0 saturated carbocycles. The number of hydrogen-bond donors (Lipinski definition) is 1. The molecule has 2 aromatic rings. The second-order valence-corrected chi connectivity index (χ2v) is 4.98. The van der Waals surface area contributed by atoms with Crippen LogP contribution in [0.1, 0.15) is 30.9 Å². The summed E-state index contributed by atoms with van der Waals surface area (Å²) in [5.74, 6) is 0. The van der Waals surface area contributed by atoms with E-state index in [1.54, 1.807) is 18.3 Å². The van der Waals surface area contributed by atoms with E-state index < -0.39 is 0 Å². The topological polar surface area (TPSA) is 75.1 Å². The van der Waals surface area contributed by atoms with Crippen molar-refractivity contribution in [1.82, 2.24) is 10.2 Å². The lowest BCUT2D eigenvalue weighted by Crippen LogP contribution is -2.33. The average molecular weight is 272 g/mol. The predicted octanol–water partition coefficient (Wildman–Crippen LogP) is 3.05. The van der Waals surface area contributed by atoms with E-state index in [-0.39, 0.29) is 16.7 Å². The van der Waals surface area contributed by atoms with Crippen molar-refractivity contribution in [3.63, 3.8) is 0 Å². The molecule has 1 fully saturated rings. The maximum atomic E-state index is 11.2. The Hall–Kier alpha value is -2.37. The molecule has 1 aromatic carbocycles. The van der Waals surface area contributed by atoms with E-state index in [0.717, 1.165) is 31.4 Å². The normalized spacial score (nSPS) is 19.0. The van der Waals surface area contributed by atoms with Crippen LogP contribution in [-0.4, -0.2) is 21.7 Å². The highest BCUT2D eigenvalue weighted by Gasteiger charge is 2.29. The highest BCUT2D eigenvalue weighted by Crippen LogP contribution is 2.38. The van der Waals surface area contributed by atoms with Crippen LogP contribution in [0.2, 0.25) is 0 Å². The van der Waals surface area contributed by atoms with Crippen molar-refractivity contribution in [3.05, 3.63) is 52.3 Å². The minimum Gasteiger partial charge on any atom is -0.359 e. The van der Waals surface area contributed by atoms with Gasteiger partial charge in [0, 0.05) is 24.4 Å². The summed E-state index contributed by atoms with van der Waals surface area (Å²) in [6, 6.07) is 7.11. The Morgan fingerprint density at radius 3 is 2.95 bits per heavy atom. The smallest absolute Gasteiger partial charge is 0.292 e. The molecule has 104 valence electrons. The highest BCUT2D eigenvalue weighted by molar-refractivity contribution is 5.64. The zero-order valence-corrected chi connectivity index (χ0v) is 11.0. The minimum absolute atomic E-state index is 0.156. The first-order chi connectivity index (χ1) is 9.77. The highest BCUT2D eigenvalue weighted by atomic mass is 16.6. The van der Waals surface area contributed by atoms with Gasteiger partial charge in [0.15, 0.2) is 0 Å². The number of rotatable bonds is 3. The van der Waals surface area contributed by atoms with Crippen LogP contribution >= 0.6 is 0 Å². The molecule has 3 rings (SSSR count).